The number of aliphatic hydroxyl groups is 1. The molecule has 0 unspecified atom stereocenters. The van der Waals surface area contributed by atoms with Gasteiger partial charge in [0, 0.05) is 18.7 Å². The molecule has 2 rings (SSSR count). The summed E-state index contributed by atoms with van der Waals surface area (Å²) in [5, 5.41) is 9.41. The minimum atomic E-state index is 0.141. The quantitative estimate of drug-likeness (QED) is 0.883. The summed E-state index contributed by atoms with van der Waals surface area (Å²) in [6.45, 7) is 0.514. The van der Waals surface area contributed by atoms with Crippen LogP contribution in [0.15, 0.2) is 42.5 Å². The van der Waals surface area contributed by atoms with E-state index in [0.717, 1.165) is 11.1 Å². The third-order valence-electron chi connectivity index (χ3n) is 2.81. The maximum atomic E-state index is 8.87. The van der Waals surface area contributed by atoms with E-state index in [0.29, 0.717) is 29.5 Å². The Bertz CT molecular complexity index is 540. The van der Waals surface area contributed by atoms with Gasteiger partial charge in [-0.05, 0) is 30.2 Å². The van der Waals surface area contributed by atoms with Crippen molar-refractivity contribution in [2.75, 3.05) is 6.61 Å². The van der Waals surface area contributed by atoms with E-state index >= 15 is 0 Å². The molecule has 0 spiro atoms. The molecule has 0 aliphatic carbocycles. The molecule has 0 fully saturated rings. The van der Waals surface area contributed by atoms with Crippen molar-refractivity contribution in [3.8, 4) is 11.5 Å². The summed E-state index contributed by atoms with van der Waals surface area (Å²) >= 11 is 6.13. The first-order valence-corrected chi connectivity index (χ1v) is 6.47. The van der Waals surface area contributed by atoms with E-state index in [-0.39, 0.29) is 6.61 Å². The number of rotatable bonds is 5. The van der Waals surface area contributed by atoms with Crippen LogP contribution in [0.5, 0.6) is 11.5 Å². The highest BCUT2D eigenvalue weighted by atomic mass is 35.5. The van der Waals surface area contributed by atoms with Crippen molar-refractivity contribution in [2.45, 2.75) is 13.0 Å². The fourth-order valence-electron chi connectivity index (χ4n) is 1.80. The van der Waals surface area contributed by atoms with Crippen LogP contribution in [0.25, 0.3) is 0 Å². The Kier molecular flexibility index (Phi) is 4.80. The van der Waals surface area contributed by atoms with E-state index in [1.807, 2.05) is 36.4 Å². The van der Waals surface area contributed by atoms with Crippen molar-refractivity contribution in [3.05, 3.63) is 58.6 Å². The van der Waals surface area contributed by atoms with Crippen LogP contribution in [0.4, 0.5) is 0 Å². The second kappa shape index (κ2) is 6.57. The van der Waals surface area contributed by atoms with Crippen LogP contribution in [-0.2, 0) is 13.0 Å². The van der Waals surface area contributed by atoms with Crippen LogP contribution in [0.3, 0.4) is 0 Å². The third-order valence-corrected chi connectivity index (χ3v) is 3.11. The highest BCUT2D eigenvalue weighted by Gasteiger charge is 2.08. The SMILES string of the molecule is NCc1cccc(Cl)c1Oc1ccc(CCO)cc1. The standard InChI is InChI=1S/C15H16ClNO2/c16-14-3-1-2-12(10-17)15(14)19-13-6-4-11(5-7-13)8-9-18/h1-7,18H,8-10,17H2. The highest BCUT2D eigenvalue weighted by molar-refractivity contribution is 6.32. The number of para-hydroxylation sites is 1. The van der Waals surface area contributed by atoms with Crippen molar-refractivity contribution in [1.82, 2.24) is 0 Å². The minimum Gasteiger partial charge on any atom is -0.455 e. The summed E-state index contributed by atoms with van der Waals surface area (Å²) in [6.07, 6.45) is 0.639. The van der Waals surface area contributed by atoms with E-state index < -0.39 is 0 Å². The van der Waals surface area contributed by atoms with E-state index in [2.05, 4.69) is 0 Å². The van der Waals surface area contributed by atoms with E-state index in [1.165, 1.54) is 0 Å². The Hall–Kier alpha value is -1.55. The summed E-state index contributed by atoms with van der Waals surface area (Å²) in [6, 6.07) is 13.1. The van der Waals surface area contributed by atoms with Crippen LogP contribution < -0.4 is 10.5 Å². The topological polar surface area (TPSA) is 55.5 Å². The van der Waals surface area contributed by atoms with Crippen molar-refractivity contribution < 1.29 is 9.84 Å². The zero-order valence-corrected chi connectivity index (χ0v) is 11.2. The number of hydrogen-bond donors (Lipinski definition) is 2. The first-order chi connectivity index (χ1) is 9.24. The molecule has 0 aromatic heterocycles. The molecule has 0 aliphatic heterocycles. The summed E-state index contributed by atoms with van der Waals surface area (Å²) in [5.41, 5.74) is 7.60. The van der Waals surface area contributed by atoms with Gasteiger partial charge in [-0.1, -0.05) is 35.9 Å². The maximum absolute atomic E-state index is 8.87. The van der Waals surface area contributed by atoms with Gasteiger partial charge in [0.05, 0.1) is 5.02 Å². The van der Waals surface area contributed by atoms with Crippen LogP contribution >= 0.6 is 11.6 Å². The molecule has 0 atom stereocenters. The van der Waals surface area contributed by atoms with Crippen molar-refractivity contribution in [2.24, 2.45) is 5.73 Å². The zero-order chi connectivity index (χ0) is 13.7. The Morgan fingerprint density at radius 1 is 1.11 bits per heavy atom. The molecule has 2 aromatic carbocycles. The van der Waals surface area contributed by atoms with Crippen molar-refractivity contribution in [3.63, 3.8) is 0 Å². The summed E-state index contributed by atoms with van der Waals surface area (Å²) < 4.78 is 5.79. The maximum Gasteiger partial charge on any atom is 0.150 e. The van der Waals surface area contributed by atoms with E-state index in [1.54, 1.807) is 6.07 Å². The predicted molar refractivity (Wildman–Crippen MR) is 76.6 cm³/mol. The first kappa shape index (κ1) is 13.9. The number of halogens is 1. The summed E-state index contributed by atoms with van der Waals surface area (Å²) in [4.78, 5) is 0. The van der Waals surface area contributed by atoms with Crippen LogP contribution in [0.2, 0.25) is 5.02 Å². The normalized spacial score (nSPS) is 10.5. The van der Waals surface area contributed by atoms with Gasteiger partial charge in [0.25, 0.3) is 0 Å². The van der Waals surface area contributed by atoms with Crippen molar-refractivity contribution in [1.29, 1.82) is 0 Å². The molecular weight excluding hydrogens is 262 g/mol. The molecule has 3 N–H and O–H groups in total. The number of benzene rings is 2. The van der Waals surface area contributed by atoms with Crippen molar-refractivity contribution >= 4 is 11.6 Å². The molecule has 19 heavy (non-hydrogen) atoms. The fraction of sp³-hybridized carbons (Fsp3) is 0.200. The Balaban J connectivity index is 2.21. The van der Waals surface area contributed by atoms with E-state index in [4.69, 9.17) is 27.2 Å². The molecule has 0 saturated carbocycles. The highest BCUT2D eigenvalue weighted by Crippen LogP contribution is 2.32. The Labute approximate surface area is 117 Å². The lowest BCUT2D eigenvalue weighted by Gasteiger charge is -2.12. The summed E-state index contributed by atoms with van der Waals surface area (Å²) in [7, 11) is 0. The average Bonchev–Trinajstić information content (AvgIpc) is 2.43. The van der Waals surface area contributed by atoms with Gasteiger partial charge in [-0.15, -0.1) is 0 Å². The summed E-state index contributed by atoms with van der Waals surface area (Å²) in [5.74, 6) is 1.30. The predicted octanol–water partition coefficient (Wildman–Crippen LogP) is 3.13. The zero-order valence-electron chi connectivity index (χ0n) is 10.5. The van der Waals surface area contributed by atoms with Gasteiger partial charge in [-0.2, -0.15) is 0 Å². The second-order valence-electron chi connectivity index (χ2n) is 4.15. The van der Waals surface area contributed by atoms with Gasteiger partial charge >= 0.3 is 0 Å². The monoisotopic (exact) mass is 277 g/mol. The molecule has 0 saturated heterocycles. The molecule has 0 bridgehead atoms. The smallest absolute Gasteiger partial charge is 0.150 e. The van der Waals surface area contributed by atoms with Gasteiger partial charge in [0.15, 0.2) is 0 Å². The van der Waals surface area contributed by atoms with E-state index in [9.17, 15) is 0 Å². The van der Waals surface area contributed by atoms with Crippen LogP contribution in [-0.4, -0.2) is 11.7 Å². The average molecular weight is 278 g/mol. The molecule has 100 valence electrons. The second-order valence-corrected chi connectivity index (χ2v) is 4.56. The van der Waals surface area contributed by atoms with Gasteiger partial charge in [0.2, 0.25) is 0 Å². The fourth-order valence-corrected chi connectivity index (χ4v) is 2.03. The lowest BCUT2D eigenvalue weighted by atomic mass is 10.1. The minimum absolute atomic E-state index is 0.141. The lowest BCUT2D eigenvalue weighted by molar-refractivity contribution is 0.299. The first-order valence-electron chi connectivity index (χ1n) is 6.09. The number of hydrogen-bond acceptors (Lipinski definition) is 3. The number of nitrogens with two attached hydrogens (primary N) is 1. The molecule has 0 radical (unpaired) electrons. The Morgan fingerprint density at radius 3 is 2.47 bits per heavy atom. The number of aliphatic hydroxyl groups excluding tert-OH is 1. The molecule has 2 aromatic rings. The number of ether oxygens (including phenoxy) is 1. The lowest BCUT2D eigenvalue weighted by Crippen LogP contribution is -2.00. The van der Waals surface area contributed by atoms with Gasteiger partial charge in [0.1, 0.15) is 11.5 Å². The molecule has 0 heterocycles. The molecule has 0 amide bonds. The Morgan fingerprint density at radius 2 is 1.84 bits per heavy atom. The van der Waals surface area contributed by atoms with Gasteiger partial charge < -0.3 is 15.6 Å². The molecular formula is C15H16ClNO2. The molecule has 3 nitrogen and oxygen atoms in total. The third kappa shape index (κ3) is 3.47. The van der Waals surface area contributed by atoms with Gasteiger partial charge in [-0.25, -0.2) is 0 Å². The van der Waals surface area contributed by atoms with Crippen LogP contribution in [0, 0.1) is 0 Å². The van der Waals surface area contributed by atoms with Crippen LogP contribution in [0.1, 0.15) is 11.1 Å². The van der Waals surface area contributed by atoms with Gasteiger partial charge in [-0.3, -0.25) is 0 Å². The molecule has 4 heteroatoms. The largest absolute Gasteiger partial charge is 0.455 e. The molecule has 0 aliphatic rings.